The molecular formula is C51H80O24. The molecule has 12 N–H and O–H groups in total. The SMILES string of the molecule is CC(=O)OC1C(C)OC(O[C@H]2[C@H](O[C@@H]3C[C@H](O)CC4=CC[C@H]5[C@@H]6C[C@@H]7O[C@@]8(OC[C@H](C)[C@H](O[C@@H]9O[C@H](C)[C@H](O)[C@H](O)[C@H]9O)[C@@H]8O)[C@@H](CO)[C@@H]7[C@@]6(C)CC[C@@H]5[C@]43C)OC[C@H](O)[C@@H]2O[C@@H]2OC[C@@H](O)[C@H](O)[C@H]2O)C(O)C1O. The number of rotatable bonds is 10. The lowest BCUT2D eigenvalue weighted by Crippen LogP contribution is -2.66. The van der Waals surface area contributed by atoms with Crippen molar-refractivity contribution in [3.63, 3.8) is 0 Å². The Hall–Kier alpha value is -1.67. The van der Waals surface area contributed by atoms with Gasteiger partial charge in [-0.15, -0.1) is 0 Å². The zero-order valence-corrected chi connectivity index (χ0v) is 43.2. The smallest absolute Gasteiger partial charge is 0.303 e. The summed E-state index contributed by atoms with van der Waals surface area (Å²) >= 11 is 0. The summed E-state index contributed by atoms with van der Waals surface area (Å²) in [6, 6.07) is 0. The highest BCUT2D eigenvalue weighted by atomic mass is 16.8. The molecule has 4 aliphatic carbocycles. The number of aliphatic hydroxyl groups is 12. The molecule has 428 valence electrons. The number of hydrogen-bond donors (Lipinski definition) is 12. The second kappa shape index (κ2) is 21.3. The third-order valence-electron chi connectivity index (χ3n) is 19.5. The van der Waals surface area contributed by atoms with Gasteiger partial charge in [-0.3, -0.25) is 4.79 Å². The maximum Gasteiger partial charge on any atom is 0.303 e. The number of ether oxygens (including phenoxy) is 11. The molecule has 75 heavy (non-hydrogen) atoms. The Morgan fingerprint density at radius 1 is 0.680 bits per heavy atom. The normalized spacial score (nSPS) is 56.8. The van der Waals surface area contributed by atoms with Gasteiger partial charge in [0.25, 0.3) is 0 Å². The van der Waals surface area contributed by atoms with Crippen LogP contribution in [0.15, 0.2) is 11.6 Å². The monoisotopic (exact) mass is 1080 g/mol. The molecule has 32 atom stereocenters. The Morgan fingerprint density at radius 3 is 2.03 bits per heavy atom. The van der Waals surface area contributed by atoms with Crippen LogP contribution >= 0.6 is 0 Å². The van der Waals surface area contributed by atoms with Gasteiger partial charge in [-0.1, -0.05) is 32.4 Å². The largest absolute Gasteiger partial charge is 0.457 e. The average Bonchev–Trinajstić information content (AvgIpc) is 3.93. The van der Waals surface area contributed by atoms with Gasteiger partial charge in [0.15, 0.2) is 31.3 Å². The third-order valence-corrected chi connectivity index (χ3v) is 19.5. The highest BCUT2D eigenvalue weighted by Gasteiger charge is 2.73. The number of allylic oxidation sites excluding steroid dienone is 1. The fourth-order valence-corrected chi connectivity index (χ4v) is 15.5. The van der Waals surface area contributed by atoms with Gasteiger partial charge in [-0.25, -0.2) is 0 Å². The minimum Gasteiger partial charge on any atom is -0.457 e. The number of aliphatic hydroxyl groups excluding tert-OH is 12. The fourth-order valence-electron chi connectivity index (χ4n) is 15.5. The zero-order valence-electron chi connectivity index (χ0n) is 43.2. The van der Waals surface area contributed by atoms with E-state index < -0.39 is 189 Å². The number of esters is 1. The molecule has 24 heteroatoms. The van der Waals surface area contributed by atoms with E-state index in [1.54, 1.807) is 6.92 Å². The molecule has 10 aliphatic rings. The van der Waals surface area contributed by atoms with Crippen molar-refractivity contribution in [1.29, 1.82) is 0 Å². The highest BCUT2D eigenvalue weighted by Crippen LogP contribution is 2.71. The van der Waals surface area contributed by atoms with Crippen LogP contribution in [0, 0.1) is 46.3 Å². The van der Waals surface area contributed by atoms with E-state index in [1.807, 2.05) is 6.92 Å². The van der Waals surface area contributed by atoms with E-state index in [0.717, 1.165) is 12.5 Å². The Balaban J connectivity index is 0.905. The Morgan fingerprint density at radius 2 is 1.32 bits per heavy atom. The molecule has 0 aromatic heterocycles. The molecule has 9 fully saturated rings. The maximum absolute atomic E-state index is 12.3. The van der Waals surface area contributed by atoms with Crippen LogP contribution in [0.2, 0.25) is 0 Å². The molecule has 6 saturated heterocycles. The topological polar surface area (TPSA) is 361 Å². The lowest BCUT2D eigenvalue weighted by atomic mass is 9.46. The summed E-state index contributed by atoms with van der Waals surface area (Å²) in [5.41, 5.74) is -0.164. The summed E-state index contributed by atoms with van der Waals surface area (Å²) in [7, 11) is 0. The molecule has 24 nitrogen and oxygen atoms in total. The van der Waals surface area contributed by atoms with Crippen LogP contribution in [0.5, 0.6) is 0 Å². The first-order valence-electron chi connectivity index (χ1n) is 26.9. The Kier molecular flexibility index (Phi) is 16.1. The third kappa shape index (κ3) is 9.47. The maximum atomic E-state index is 12.3. The first kappa shape index (κ1) is 56.6. The van der Waals surface area contributed by atoms with Crippen molar-refractivity contribution < 1.29 is 118 Å². The molecule has 0 aromatic rings. The van der Waals surface area contributed by atoms with Gasteiger partial charge in [0.2, 0.25) is 5.79 Å². The summed E-state index contributed by atoms with van der Waals surface area (Å²) in [4.78, 5) is 11.9. The predicted octanol–water partition coefficient (Wildman–Crippen LogP) is -3.20. The Bertz CT molecular complexity index is 2050. The van der Waals surface area contributed by atoms with Gasteiger partial charge in [0.05, 0.1) is 63.1 Å². The van der Waals surface area contributed by atoms with E-state index >= 15 is 0 Å². The summed E-state index contributed by atoms with van der Waals surface area (Å²) < 4.78 is 68.1. The molecule has 5 unspecified atom stereocenters. The van der Waals surface area contributed by atoms with Crippen LogP contribution in [-0.2, 0) is 56.9 Å². The average molecular weight is 1080 g/mol. The van der Waals surface area contributed by atoms with Crippen LogP contribution in [0.25, 0.3) is 0 Å². The molecule has 6 heterocycles. The van der Waals surface area contributed by atoms with Gasteiger partial charge in [-0.05, 0) is 69.1 Å². The number of hydrogen-bond acceptors (Lipinski definition) is 24. The van der Waals surface area contributed by atoms with Crippen LogP contribution < -0.4 is 0 Å². The van der Waals surface area contributed by atoms with Crippen molar-refractivity contribution >= 4 is 5.97 Å². The molecule has 1 spiro atoms. The van der Waals surface area contributed by atoms with Crippen LogP contribution in [0.3, 0.4) is 0 Å². The van der Waals surface area contributed by atoms with E-state index in [0.29, 0.717) is 32.1 Å². The summed E-state index contributed by atoms with van der Waals surface area (Å²) in [5.74, 6) is -3.71. The molecule has 6 aliphatic heterocycles. The molecule has 0 bridgehead atoms. The van der Waals surface area contributed by atoms with Crippen LogP contribution in [0.1, 0.15) is 80.1 Å². The molecule has 3 saturated carbocycles. The molecular weight excluding hydrogens is 997 g/mol. The second-order valence-corrected chi connectivity index (χ2v) is 23.8. The minimum atomic E-state index is -1.82. The van der Waals surface area contributed by atoms with Gasteiger partial charge in [-0.2, -0.15) is 0 Å². The zero-order chi connectivity index (χ0) is 54.0. The molecule has 0 radical (unpaired) electrons. The molecule has 0 aromatic carbocycles. The van der Waals surface area contributed by atoms with E-state index in [1.165, 1.54) is 6.92 Å². The van der Waals surface area contributed by atoms with Crippen molar-refractivity contribution in [1.82, 2.24) is 0 Å². The summed E-state index contributed by atoms with van der Waals surface area (Å²) in [5, 5.41) is 133. The minimum absolute atomic E-state index is 0.0289. The summed E-state index contributed by atoms with van der Waals surface area (Å²) in [6.07, 6.45) is -25.7. The van der Waals surface area contributed by atoms with E-state index in [9.17, 15) is 66.1 Å². The standard InChI is InChI=1S/C51H80O24/c1-18-15-67-51(44(64)40(18)72-46-38(62)35(59)33(57)19(2)68-46)27(14-52)32-30(75-51)13-26-24-8-7-22-11-23(54)12-31(50(22,6)25(24)9-10-49(26,32)5)71-48-43(74-47-39(63)36(60)41(20(3)69-47)70-21(4)53)42(29(56)17-66-48)73-45-37(61)34(58)28(55)16-65-45/h7,18-20,23-48,52,54-64H,8-17H2,1-6H3/t18-,19+,20?,23+,24+,25-,26-,27-,28+,29-,30-,31+,32-,33-,34-,35-,36?,37+,38+,39?,40-,41?,42-,43+,44-,45-,46-,47?,48-,49-,50-,51-/m0/s1. The van der Waals surface area contributed by atoms with E-state index in [4.69, 9.17) is 52.1 Å². The van der Waals surface area contributed by atoms with Crippen molar-refractivity contribution in [3.8, 4) is 0 Å². The highest BCUT2D eigenvalue weighted by molar-refractivity contribution is 5.66. The second-order valence-electron chi connectivity index (χ2n) is 23.8. The molecule has 10 rings (SSSR count). The van der Waals surface area contributed by atoms with Gasteiger partial charge >= 0.3 is 5.97 Å². The summed E-state index contributed by atoms with van der Waals surface area (Å²) in [6.45, 7) is 9.24. The van der Waals surface area contributed by atoms with Crippen molar-refractivity contribution in [2.75, 3.05) is 26.4 Å². The van der Waals surface area contributed by atoms with Gasteiger partial charge < -0.3 is 113 Å². The van der Waals surface area contributed by atoms with Crippen LogP contribution in [-0.4, -0.2) is 241 Å². The van der Waals surface area contributed by atoms with Crippen molar-refractivity contribution in [3.05, 3.63) is 11.6 Å². The predicted molar refractivity (Wildman–Crippen MR) is 249 cm³/mol. The Labute approximate surface area is 434 Å². The van der Waals surface area contributed by atoms with E-state index in [2.05, 4.69) is 19.9 Å². The van der Waals surface area contributed by atoms with Gasteiger partial charge in [0.1, 0.15) is 73.2 Å². The number of carbonyl (C=O) groups is 1. The molecule has 0 amide bonds. The van der Waals surface area contributed by atoms with Gasteiger partial charge in [0, 0.05) is 36.5 Å². The van der Waals surface area contributed by atoms with Crippen LogP contribution in [0.4, 0.5) is 0 Å². The lowest BCUT2D eigenvalue weighted by Gasteiger charge is -2.61. The number of carbonyl (C=O) groups excluding carboxylic acids is 1. The fraction of sp³-hybridized carbons (Fsp3) is 0.941. The quantitative estimate of drug-likeness (QED) is 0.0757. The van der Waals surface area contributed by atoms with Crippen molar-refractivity contribution in [2.24, 2.45) is 46.3 Å². The van der Waals surface area contributed by atoms with E-state index in [-0.39, 0.29) is 43.3 Å². The number of fused-ring (bicyclic) bond motifs is 7. The lowest BCUT2D eigenvalue weighted by molar-refractivity contribution is -0.382. The first-order valence-corrected chi connectivity index (χ1v) is 26.9. The first-order chi connectivity index (χ1) is 35.4. The van der Waals surface area contributed by atoms with Crippen molar-refractivity contribution in [2.45, 2.75) is 227 Å².